The number of pyridine rings is 1. The van der Waals surface area contributed by atoms with E-state index >= 15 is 0 Å². The third kappa shape index (κ3) is 2.64. The Labute approximate surface area is 142 Å². The van der Waals surface area contributed by atoms with Gasteiger partial charge in [-0.15, -0.1) is 0 Å². The fraction of sp³-hybridized carbons (Fsp3) is 0.450. The van der Waals surface area contributed by atoms with Gasteiger partial charge in [-0.05, 0) is 31.0 Å². The fourth-order valence-electron chi connectivity index (χ4n) is 4.56. The summed E-state index contributed by atoms with van der Waals surface area (Å²) in [6.45, 7) is 2.19. The first kappa shape index (κ1) is 15.7. The van der Waals surface area contributed by atoms with Crippen LogP contribution in [0, 0.1) is 17.7 Å². The van der Waals surface area contributed by atoms with Crippen LogP contribution in [0.2, 0.25) is 0 Å². The number of halogens is 1. The van der Waals surface area contributed by atoms with Gasteiger partial charge in [0.15, 0.2) is 0 Å². The molecule has 3 atom stereocenters. The maximum atomic E-state index is 14.0. The van der Waals surface area contributed by atoms with E-state index in [9.17, 15) is 9.50 Å². The van der Waals surface area contributed by atoms with Gasteiger partial charge in [0.25, 0.3) is 0 Å². The van der Waals surface area contributed by atoms with Gasteiger partial charge in [-0.3, -0.25) is 9.88 Å². The van der Waals surface area contributed by atoms with Crippen molar-refractivity contribution < 1.29 is 9.50 Å². The highest BCUT2D eigenvalue weighted by molar-refractivity contribution is 5.21. The molecule has 1 unspecified atom stereocenters. The highest BCUT2D eigenvalue weighted by atomic mass is 19.1. The van der Waals surface area contributed by atoms with Crippen LogP contribution in [0.1, 0.15) is 30.5 Å². The quantitative estimate of drug-likeness (QED) is 0.940. The molecule has 4 rings (SSSR count). The summed E-state index contributed by atoms with van der Waals surface area (Å²) in [5.74, 6) is 0.173. The van der Waals surface area contributed by atoms with Crippen LogP contribution in [-0.4, -0.2) is 28.1 Å². The molecule has 1 aliphatic carbocycles. The summed E-state index contributed by atoms with van der Waals surface area (Å²) in [4.78, 5) is 6.75. The molecule has 24 heavy (non-hydrogen) atoms. The second kappa shape index (κ2) is 6.26. The van der Waals surface area contributed by atoms with Gasteiger partial charge in [0, 0.05) is 43.2 Å². The zero-order chi connectivity index (χ0) is 16.6. The lowest BCUT2D eigenvalue weighted by atomic mass is 9.64. The molecule has 2 aromatic rings. The summed E-state index contributed by atoms with van der Waals surface area (Å²) >= 11 is 0. The predicted octanol–water partition coefficient (Wildman–Crippen LogP) is 3.34. The molecule has 2 aliphatic rings. The number of nitrogens with zero attached hydrogens (tertiary/aromatic N) is 2. The highest BCUT2D eigenvalue weighted by Crippen LogP contribution is 2.48. The van der Waals surface area contributed by atoms with E-state index in [1.165, 1.54) is 6.07 Å². The van der Waals surface area contributed by atoms with Gasteiger partial charge in [-0.25, -0.2) is 4.39 Å². The van der Waals surface area contributed by atoms with E-state index in [4.69, 9.17) is 0 Å². The van der Waals surface area contributed by atoms with E-state index in [2.05, 4.69) is 9.88 Å². The number of hydrogen-bond acceptors (Lipinski definition) is 3. The summed E-state index contributed by atoms with van der Waals surface area (Å²) < 4.78 is 14.0. The molecule has 1 aromatic heterocycles. The number of rotatable bonds is 3. The summed E-state index contributed by atoms with van der Waals surface area (Å²) in [5, 5.41) is 11.5. The largest absolute Gasteiger partial charge is 0.383 e. The molecule has 0 spiro atoms. The van der Waals surface area contributed by atoms with E-state index in [0.717, 1.165) is 43.6 Å². The zero-order valence-corrected chi connectivity index (χ0v) is 13.7. The van der Waals surface area contributed by atoms with Crippen molar-refractivity contribution >= 4 is 0 Å². The second-order valence-corrected chi connectivity index (χ2v) is 7.15. The summed E-state index contributed by atoms with van der Waals surface area (Å²) in [6.07, 6.45) is 4.90. The van der Waals surface area contributed by atoms with Crippen LogP contribution in [0.4, 0.5) is 4.39 Å². The first-order valence-electron chi connectivity index (χ1n) is 8.77. The monoisotopic (exact) mass is 326 g/mol. The average molecular weight is 326 g/mol. The van der Waals surface area contributed by atoms with Crippen LogP contribution in [0.15, 0.2) is 48.7 Å². The predicted molar refractivity (Wildman–Crippen MR) is 90.6 cm³/mol. The molecule has 1 saturated heterocycles. The number of benzene rings is 1. The number of aliphatic hydroxyl groups is 1. The average Bonchev–Trinajstić information content (AvgIpc) is 2.59. The minimum atomic E-state index is -0.842. The Morgan fingerprint density at radius 1 is 1.08 bits per heavy atom. The molecule has 3 nitrogen and oxygen atoms in total. The molecule has 0 radical (unpaired) electrons. The molecule has 2 heterocycles. The van der Waals surface area contributed by atoms with E-state index in [1.807, 2.05) is 30.3 Å². The Hall–Kier alpha value is -1.78. The molecule has 1 aromatic carbocycles. The van der Waals surface area contributed by atoms with Gasteiger partial charge >= 0.3 is 0 Å². The third-order valence-corrected chi connectivity index (χ3v) is 5.73. The summed E-state index contributed by atoms with van der Waals surface area (Å²) in [7, 11) is 0. The Morgan fingerprint density at radius 2 is 1.79 bits per heavy atom. The van der Waals surface area contributed by atoms with Gasteiger partial charge in [0.2, 0.25) is 0 Å². The van der Waals surface area contributed by atoms with Crippen molar-refractivity contribution in [3.05, 3.63) is 65.7 Å². The van der Waals surface area contributed by atoms with Gasteiger partial charge < -0.3 is 5.11 Å². The number of aromatic nitrogens is 1. The second-order valence-electron chi connectivity index (χ2n) is 7.15. The smallest absolute Gasteiger partial charge is 0.127 e. The van der Waals surface area contributed by atoms with Gasteiger partial charge in [-0.1, -0.05) is 30.7 Å². The van der Waals surface area contributed by atoms with E-state index in [1.54, 1.807) is 12.3 Å². The SMILES string of the molecule is OC1(c2ccccn2)[C@@H]2CCC[C@H]1CN(Cc1ccccc1F)C2. The zero-order valence-electron chi connectivity index (χ0n) is 13.7. The third-order valence-electron chi connectivity index (χ3n) is 5.73. The number of fused-ring (bicyclic) bond motifs is 2. The number of likely N-dealkylation sites (tertiary alicyclic amines) is 1. The first-order chi connectivity index (χ1) is 11.7. The normalized spacial score (nSPS) is 30.2. The van der Waals surface area contributed by atoms with Crippen molar-refractivity contribution in [2.75, 3.05) is 13.1 Å². The maximum Gasteiger partial charge on any atom is 0.127 e. The topological polar surface area (TPSA) is 36.4 Å². The molecule has 1 aliphatic heterocycles. The van der Waals surface area contributed by atoms with Crippen LogP contribution < -0.4 is 0 Å². The summed E-state index contributed by atoms with van der Waals surface area (Å²) in [5.41, 5.74) is 0.690. The fourth-order valence-corrected chi connectivity index (χ4v) is 4.56. The maximum absolute atomic E-state index is 14.0. The van der Waals surface area contributed by atoms with Crippen molar-refractivity contribution in [1.82, 2.24) is 9.88 Å². The minimum Gasteiger partial charge on any atom is -0.383 e. The van der Waals surface area contributed by atoms with Crippen LogP contribution in [0.5, 0.6) is 0 Å². The van der Waals surface area contributed by atoms with Crippen molar-refractivity contribution in [2.45, 2.75) is 31.4 Å². The van der Waals surface area contributed by atoms with Crippen molar-refractivity contribution in [3.63, 3.8) is 0 Å². The van der Waals surface area contributed by atoms with Crippen LogP contribution in [0.3, 0.4) is 0 Å². The van der Waals surface area contributed by atoms with Gasteiger partial charge in [0.05, 0.1) is 5.69 Å². The Balaban J connectivity index is 1.58. The van der Waals surface area contributed by atoms with Gasteiger partial charge in [0.1, 0.15) is 11.4 Å². The van der Waals surface area contributed by atoms with Crippen LogP contribution in [-0.2, 0) is 12.1 Å². The molecule has 2 bridgehead atoms. The molecular formula is C20H23FN2O. The molecule has 0 amide bonds. The Morgan fingerprint density at radius 3 is 2.46 bits per heavy atom. The van der Waals surface area contributed by atoms with Crippen LogP contribution in [0.25, 0.3) is 0 Å². The van der Waals surface area contributed by atoms with Crippen LogP contribution >= 0.6 is 0 Å². The molecule has 4 heteroatoms. The Kier molecular flexibility index (Phi) is 4.10. The Bertz CT molecular complexity index is 692. The molecule has 1 saturated carbocycles. The van der Waals surface area contributed by atoms with Gasteiger partial charge in [-0.2, -0.15) is 0 Å². The molecule has 126 valence electrons. The van der Waals surface area contributed by atoms with E-state index in [-0.39, 0.29) is 17.7 Å². The lowest BCUT2D eigenvalue weighted by Crippen LogP contribution is -2.58. The minimum absolute atomic E-state index is 0.145. The highest BCUT2D eigenvalue weighted by Gasteiger charge is 2.52. The molecule has 2 fully saturated rings. The van der Waals surface area contributed by atoms with Crippen molar-refractivity contribution in [2.24, 2.45) is 11.8 Å². The number of hydrogen-bond donors (Lipinski definition) is 1. The van der Waals surface area contributed by atoms with Crippen molar-refractivity contribution in [3.8, 4) is 0 Å². The molecular weight excluding hydrogens is 303 g/mol. The lowest BCUT2D eigenvalue weighted by molar-refractivity contribution is -0.151. The standard InChI is InChI=1S/C20H23FN2O/c21-18-9-2-1-6-15(18)12-23-13-16-7-5-8-17(14-23)20(16,24)19-10-3-4-11-22-19/h1-4,6,9-11,16-17,24H,5,7-8,12-14H2/t16-,17+,20?. The van der Waals surface area contributed by atoms with Crippen molar-refractivity contribution in [1.29, 1.82) is 0 Å². The summed E-state index contributed by atoms with van der Waals surface area (Å²) in [6, 6.07) is 12.8. The lowest BCUT2D eigenvalue weighted by Gasteiger charge is -2.52. The number of piperidine rings is 1. The van der Waals surface area contributed by atoms with E-state index < -0.39 is 5.60 Å². The van der Waals surface area contributed by atoms with E-state index in [0.29, 0.717) is 6.54 Å². The molecule has 1 N–H and O–H groups in total. The first-order valence-corrected chi connectivity index (χ1v) is 8.77.